The molecule has 1 atom stereocenters. The van der Waals surface area contributed by atoms with E-state index in [0.717, 1.165) is 23.7 Å². The van der Waals surface area contributed by atoms with E-state index < -0.39 is 10.0 Å². The lowest BCUT2D eigenvalue weighted by Gasteiger charge is -2.18. The predicted octanol–water partition coefficient (Wildman–Crippen LogP) is 4.10. The molecule has 1 heterocycles. The summed E-state index contributed by atoms with van der Waals surface area (Å²) < 4.78 is 26.3. The van der Waals surface area contributed by atoms with E-state index in [-0.39, 0.29) is 10.8 Å². The van der Waals surface area contributed by atoms with Crippen LogP contribution in [0.5, 0.6) is 0 Å². The van der Waals surface area contributed by atoms with Gasteiger partial charge < -0.3 is 10.3 Å². The number of rotatable bonds is 4. The van der Waals surface area contributed by atoms with Crippen molar-refractivity contribution in [3.63, 3.8) is 0 Å². The van der Waals surface area contributed by atoms with Crippen molar-refractivity contribution in [3.8, 4) is 0 Å². The standard InChI is InChI=1S/C23H27N3O3S/c1-14-5-9-20-18(11-14)19-12-16(7-10-21(19)25-20)23(27)24-17-8-6-15(2)22(13-17)30(28,29)26(3)4/h6-8,10,12-14,25H,5,9,11H2,1-4H3,(H,24,27). The number of carbonyl (C=O) groups is 1. The molecule has 6 nitrogen and oxygen atoms in total. The summed E-state index contributed by atoms with van der Waals surface area (Å²) in [5, 5.41) is 3.95. The molecular weight excluding hydrogens is 398 g/mol. The maximum Gasteiger partial charge on any atom is 0.255 e. The highest BCUT2D eigenvalue weighted by Crippen LogP contribution is 2.32. The summed E-state index contributed by atoms with van der Waals surface area (Å²) >= 11 is 0. The number of fused-ring (bicyclic) bond motifs is 3. The van der Waals surface area contributed by atoms with Crippen LogP contribution in [-0.2, 0) is 22.9 Å². The Balaban J connectivity index is 1.65. The Bertz CT molecular complexity index is 1240. The molecule has 0 aliphatic heterocycles. The van der Waals surface area contributed by atoms with Crippen molar-refractivity contribution in [1.82, 2.24) is 9.29 Å². The zero-order valence-electron chi connectivity index (χ0n) is 17.7. The zero-order chi connectivity index (χ0) is 21.6. The maximum absolute atomic E-state index is 12.9. The van der Waals surface area contributed by atoms with Crippen LogP contribution in [0.4, 0.5) is 5.69 Å². The highest BCUT2D eigenvalue weighted by Gasteiger charge is 2.22. The number of H-pyrrole nitrogens is 1. The summed E-state index contributed by atoms with van der Waals surface area (Å²) in [6.45, 7) is 4.00. The quantitative estimate of drug-likeness (QED) is 0.660. The number of hydrogen-bond donors (Lipinski definition) is 2. The molecule has 7 heteroatoms. The van der Waals surface area contributed by atoms with E-state index in [0.29, 0.717) is 22.7 Å². The molecule has 1 aromatic heterocycles. The number of nitrogens with one attached hydrogen (secondary N) is 2. The van der Waals surface area contributed by atoms with E-state index in [4.69, 9.17) is 0 Å². The summed E-state index contributed by atoms with van der Waals surface area (Å²) in [7, 11) is -0.602. The topological polar surface area (TPSA) is 82.3 Å². The molecule has 30 heavy (non-hydrogen) atoms. The molecule has 2 N–H and O–H groups in total. The van der Waals surface area contributed by atoms with Crippen LogP contribution < -0.4 is 5.32 Å². The van der Waals surface area contributed by atoms with E-state index in [1.54, 1.807) is 25.1 Å². The van der Waals surface area contributed by atoms with Crippen LogP contribution in [0.15, 0.2) is 41.3 Å². The molecule has 3 aromatic rings. The van der Waals surface area contributed by atoms with Gasteiger partial charge in [0.2, 0.25) is 10.0 Å². The van der Waals surface area contributed by atoms with Gasteiger partial charge in [0.25, 0.3) is 5.91 Å². The van der Waals surface area contributed by atoms with E-state index in [1.165, 1.54) is 42.1 Å². The van der Waals surface area contributed by atoms with Crippen molar-refractivity contribution in [2.45, 2.75) is 38.0 Å². The average molecular weight is 426 g/mol. The van der Waals surface area contributed by atoms with Gasteiger partial charge >= 0.3 is 0 Å². The van der Waals surface area contributed by atoms with E-state index in [1.807, 2.05) is 12.1 Å². The molecule has 158 valence electrons. The molecule has 0 saturated carbocycles. The first-order valence-electron chi connectivity index (χ1n) is 10.1. The van der Waals surface area contributed by atoms with Gasteiger partial charge in [0, 0.05) is 41.9 Å². The predicted molar refractivity (Wildman–Crippen MR) is 119 cm³/mol. The number of aryl methyl sites for hydroxylation is 2. The van der Waals surface area contributed by atoms with E-state index >= 15 is 0 Å². The minimum Gasteiger partial charge on any atom is -0.358 e. The van der Waals surface area contributed by atoms with Gasteiger partial charge in [-0.25, -0.2) is 12.7 Å². The number of nitrogens with zero attached hydrogens (tertiary/aromatic N) is 1. The van der Waals surface area contributed by atoms with Gasteiger partial charge in [-0.3, -0.25) is 4.79 Å². The molecular formula is C23H27N3O3S. The number of aromatic amines is 1. The van der Waals surface area contributed by atoms with Crippen molar-refractivity contribution in [2.24, 2.45) is 5.92 Å². The SMILES string of the molecule is Cc1ccc(NC(=O)c2ccc3[nH]c4c(c3c2)CC(C)CC4)cc1S(=O)(=O)N(C)C. The third-order valence-electron chi connectivity index (χ3n) is 5.90. The largest absolute Gasteiger partial charge is 0.358 e. The minimum atomic E-state index is -3.59. The minimum absolute atomic E-state index is 0.189. The fourth-order valence-electron chi connectivity index (χ4n) is 4.09. The zero-order valence-corrected chi connectivity index (χ0v) is 18.6. The van der Waals surface area contributed by atoms with Crippen LogP contribution in [0.25, 0.3) is 10.9 Å². The third kappa shape index (κ3) is 3.63. The van der Waals surface area contributed by atoms with Crippen LogP contribution in [0.3, 0.4) is 0 Å². The fourth-order valence-corrected chi connectivity index (χ4v) is 5.23. The number of hydrogen-bond acceptors (Lipinski definition) is 3. The van der Waals surface area contributed by atoms with Gasteiger partial charge in [-0.2, -0.15) is 0 Å². The van der Waals surface area contributed by atoms with Crippen molar-refractivity contribution < 1.29 is 13.2 Å². The van der Waals surface area contributed by atoms with Gasteiger partial charge in [0.05, 0.1) is 4.90 Å². The molecule has 0 radical (unpaired) electrons. The van der Waals surface area contributed by atoms with E-state index in [9.17, 15) is 13.2 Å². The smallest absolute Gasteiger partial charge is 0.255 e. The Kier molecular flexibility index (Phi) is 5.20. The van der Waals surface area contributed by atoms with Gasteiger partial charge in [-0.05, 0) is 73.6 Å². The molecule has 2 aromatic carbocycles. The third-order valence-corrected chi connectivity index (χ3v) is 7.86. The Hall–Kier alpha value is -2.64. The first-order valence-corrected chi connectivity index (χ1v) is 11.6. The molecule has 0 saturated heterocycles. The summed E-state index contributed by atoms with van der Waals surface area (Å²) in [5.74, 6) is 0.381. The van der Waals surface area contributed by atoms with Gasteiger partial charge in [-0.15, -0.1) is 0 Å². The summed E-state index contributed by atoms with van der Waals surface area (Å²) in [6, 6.07) is 10.6. The first-order chi connectivity index (χ1) is 14.2. The highest BCUT2D eigenvalue weighted by atomic mass is 32.2. The number of benzene rings is 2. The van der Waals surface area contributed by atoms with Crippen molar-refractivity contribution in [3.05, 3.63) is 58.8 Å². The summed E-state index contributed by atoms with van der Waals surface area (Å²) in [6.07, 6.45) is 3.24. The lowest BCUT2D eigenvalue weighted by Crippen LogP contribution is -2.23. The van der Waals surface area contributed by atoms with Crippen molar-refractivity contribution in [1.29, 1.82) is 0 Å². The number of carbonyl (C=O) groups excluding carboxylic acids is 1. The van der Waals surface area contributed by atoms with Gasteiger partial charge in [0.15, 0.2) is 0 Å². The van der Waals surface area contributed by atoms with Crippen LogP contribution in [0.1, 0.15) is 40.5 Å². The van der Waals surface area contributed by atoms with Crippen LogP contribution >= 0.6 is 0 Å². The molecule has 1 aliphatic rings. The molecule has 0 fully saturated rings. The van der Waals surface area contributed by atoms with Crippen LogP contribution in [-0.4, -0.2) is 37.7 Å². The number of sulfonamides is 1. The first kappa shape index (κ1) is 20.6. The monoisotopic (exact) mass is 425 g/mol. The second-order valence-electron chi connectivity index (χ2n) is 8.41. The Morgan fingerprint density at radius 2 is 1.93 bits per heavy atom. The van der Waals surface area contributed by atoms with Gasteiger partial charge in [0.1, 0.15) is 0 Å². The molecule has 4 rings (SSSR count). The van der Waals surface area contributed by atoms with E-state index in [2.05, 4.69) is 17.2 Å². The average Bonchev–Trinajstić information content (AvgIpc) is 3.06. The lowest BCUT2D eigenvalue weighted by atomic mass is 9.87. The molecule has 1 aliphatic carbocycles. The van der Waals surface area contributed by atoms with Gasteiger partial charge in [-0.1, -0.05) is 13.0 Å². The Morgan fingerprint density at radius 3 is 2.67 bits per heavy atom. The Labute approximate surface area is 177 Å². The number of aromatic nitrogens is 1. The van der Waals surface area contributed by atoms with Crippen LogP contribution in [0.2, 0.25) is 0 Å². The lowest BCUT2D eigenvalue weighted by molar-refractivity contribution is 0.102. The molecule has 0 spiro atoms. The summed E-state index contributed by atoms with van der Waals surface area (Å²) in [4.78, 5) is 16.6. The second-order valence-corrected chi connectivity index (χ2v) is 10.5. The maximum atomic E-state index is 12.9. The number of anilines is 1. The normalized spacial score (nSPS) is 16.6. The molecule has 0 bridgehead atoms. The van der Waals surface area contributed by atoms with Crippen molar-refractivity contribution >= 4 is 32.5 Å². The highest BCUT2D eigenvalue weighted by molar-refractivity contribution is 7.89. The number of amides is 1. The molecule has 1 amide bonds. The molecule has 1 unspecified atom stereocenters. The summed E-state index contributed by atoms with van der Waals surface area (Å²) in [5.41, 5.74) is 5.29. The van der Waals surface area contributed by atoms with Crippen LogP contribution in [0, 0.1) is 12.8 Å². The van der Waals surface area contributed by atoms with Crippen molar-refractivity contribution in [2.75, 3.05) is 19.4 Å². The fraction of sp³-hybridized carbons (Fsp3) is 0.348. The second kappa shape index (κ2) is 7.56. The Morgan fingerprint density at radius 1 is 1.17 bits per heavy atom.